The van der Waals surface area contributed by atoms with E-state index >= 15 is 0 Å². The minimum absolute atomic E-state index is 0.0446. The molecule has 0 aliphatic heterocycles. The Morgan fingerprint density at radius 3 is 2.55 bits per heavy atom. The van der Waals surface area contributed by atoms with Crippen molar-refractivity contribution in [3.63, 3.8) is 0 Å². The highest BCUT2D eigenvalue weighted by Crippen LogP contribution is 2.19. The van der Waals surface area contributed by atoms with E-state index in [-0.39, 0.29) is 12.1 Å². The number of hydrogen-bond acceptors (Lipinski definition) is 4. The van der Waals surface area contributed by atoms with Gasteiger partial charge < -0.3 is 10.4 Å². The number of carboxylic acid groups (broad SMARTS) is 1. The molecule has 7 heteroatoms. The number of aliphatic carboxylic acids is 1. The molecule has 116 valence electrons. The molecule has 2 rings (SSSR count). The normalized spacial score (nSPS) is 12.2. The van der Waals surface area contributed by atoms with Gasteiger partial charge in [0.1, 0.15) is 11.3 Å². The van der Waals surface area contributed by atoms with E-state index in [2.05, 4.69) is 15.3 Å². The molecule has 2 aromatic rings. The quantitative estimate of drug-likeness (QED) is 0.899. The summed E-state index contributed by atoms with van der Waals surface area (Å²) in [6.07, 6.45) is 0. The zero-order valence-corrected chi connectivity index (χ0v) is 12.5. The van der Waals surface area contributed by atoms with Gasteiger partial charge in [0.05, 0.1) is 28.4 Å². The van der Waals surface area contributed by atoms with Crippen molar-refractivity contribution in [3.05, 3.63) is 34.9 Å². The number of carbonyl (C=O) groups is 2. The van der Waals surface area contributed by atoms with Gasteiger partial charge in [0.15, 0.2) is 0 Å². The molecule has 0 aliphatic carbocycles. The van der Waals surface area contributed by atoms with Crippen LogP contribution in [0.15, 0.2) is 12.1 Å². The summed E-state index contributed by atoms with van der Waals surface area (Å²) in [6, 6.07) is 2.29. The van der Waals surface area contributed by atoms with Gasteiger partial charge in [0.2, 0.25) is 0 Å². The Morgan fingerprint density at radius 2 is 1.91 bits per heavy atom. The Labute approximate surface area is 126 Å². The molecule has 0 radical (unpaired) electrons. The number of nitrogens with zero attached hydrogens (tertiary/aromatic N) is 2. The zero-order valence-electron chi connectivity index (χ0n) is 12.5. The van der Waals surface area contributed by atoms with Crippen molar-refractivity contribution in [2.24, 2.45) is 5.92 Å². The van der Waals surface area contributed by atoms with E-state index in [0.29, 0.717) is 22.4 Å². The first-order valence-electron chi connectivity index (χ1n) is 6.75. The lowest BCUT2D eigenvalue weighted by atomic mass is 10.1. The first kappa shape index (κ1) is 15.8. The van der Waals surface area contributed by atoms with Crippen molar-refractivity contribution >= 4 is 22.9 Å². The van der Waals surface area contributed by atoms with Crippen LogP contribution < -0.4 is 5.32 Å². The molecule has 1 atom stereocenters. The fourth-order valence-corrected chi connectivity index (χ4v) is 1.90. The van der Waals surface area contributed by atoms with Crippen molar-refractivity contribution in [1.82, 2.24) is 15.3 Å². The van der Waals surface area contributed by atoms with Gasteiger partial charge in [0.25, 0.3) is 5.91 Å². The number of rotatable bonds is 4. The minimum atomic E-state index is -1.02. The van der Waals surface area contributed by atoms with Crippen molar-refractivity contribution in [2.45, 2.75) is 20.8 Å². The predicted molar refractivity (Wildman–Crippen MR) is 78.1 cm³/mol. The Balaban J connectivity index is 2.39. The second-order valence-electron chi connectivity index (χ2n) is 5.16. The fourth-order valence-electron chi connectivity index (χ4n) is 1.90. The van der Waals surface area contributed by atoms with Gasteiger partial charge in [-0.2, -0.15) is 0 Å². The van der Waals surface area contributed by atoms with Crippen LogP contribution in [0.4, 0.5) is 4.39 Å². The maximum absolute atomic E-state index is 13.7. The minimum Gasteiger partial charge on any atom is -0.481 e. The van der Waals surface area contributed by atoms with Crippen molar-refractivity contribution in [1.29, 1.82) is 0 Å². The number of benzene rings is 1. The molecule has 0 spiro atoms. The average Bonchev–Trinajstić information content (AvgIpc) is 2.45. The van der Waals surface area contributed by atoms with Crippen molar-refractivity contribution < 1.29 is 19.1 Å². The SMILES string of the molecule is Cc1nc2cc(F)cc(C(=O)NCC(C)C(=O)O)c2nc1C. The topological polar surface area (TPSA) is 92.2 Å². The smallest absolute Gasteiger partial charge is 0.308 e. The lowest BCUT2D eigenvalue weighted by Crippen LogP contribution is -2.31. The summed E-state index contributed by atoms with van der Waals surface area (Å²) in [5.74, 6) is -2.92. The van der Waals surface area contributed by atoms with Crippen LogP contribution in [-0.4, -0.2) is 33.5 Å². The van der Waals surface area contributed by atoms with Crippen LogP contribution >= 0.6 is 0 Å². The van der Waals surface area contributed by atoms with Gasteiger partial charge in [-0.25, -0.2) is 14.4 Å². The summed E-state index contributed by atoms with van der Waals surface area (Å²) in [7, 11) is 0. The number of aromatic nitrogens is 2. The number of carboxylic acids is 1. The highest BCUT2D eigenvalue weighted by atomic mass is 19.1. The number of nitrogens with one attached hydrogen (secondary N) is 1. The fraction of sp³-hybridized carbons (Fsp3) is 0.333. The lowest BCUT2D eigenvalue weighted by Gasteiger charge is -2.11. The van der Waals surface area contributed by atoms with E-state index < -0.39 is 23.6 Å². The molecule has 1 heterocycles. The van der Waals surface area contributed by atoms with Gasteiger partial charge in [-0.05, 0) is 19.9 Å². The molecule has 0 fully saturated rings. The molecule has 1 aromatic heterocycles. The van der Waals surface area contributed by atoms with Crippen LogP contribution in [0, 0.1) is 25.6 Å². The molecular formula is C15H16FN3O3. The average molecular weight is 305 g/mol. The van der Waals surface area contributed by atoms with Gasteiger partial charge in [-0.3, -0.25) is 9.59 Å². The molecule has 0 saturated heterocycles. The predicted octanol–water partition coefficient (Wildman–Crippen LogP) is 1.84. The molecule has 0 bridgehead atoms. The largest absolute Gasteiger partial charge is 0.481 e. The number of halogens is 1. The van der Waals surface area contributed by atoms with E-state index in [9.17, 15) is 14.0 Å². The summed E-state index contributed by atoms with van der Waals surface area (Å²) in [5, 5.41) is 11.3. The number of carbonyl (C=O) groups excluding carboxylic acids is 1. The first-order chi connectivity index (χ1) is 10.3. The maximum Gasteiger partial charge on any atom is 0.308 e. The molecule has 1 aromatic carbocycles. The van der Waals surface area contributed by atoms with E-state index in [0.717, 1.165) is 6.07 Å². The molecule has 1 amide bonds. The Morgan fingerprint density at radius 1 is 1.27 bits per heavy atom. The third-order valence-electron chi connectivity index (χ3n) is 3.38. The van der Waals surface area contributed by atoms with Crippen molar-refractivity contribution in [2.75, 3.05) is 6.54 Å². The van der Waals surface area contributed by atoms with E-state index in [1.807, 2.05) is 0 Å². The molecule has 2 N–H and O–H groups in total. The Kier molecular flexibility index (Phi) is 4.35. The van der Waals surface area contributed by atoms with Gasteiger partial charge >= 0.3 is 5.97 Å². The van der Waals surface area contributed by atoms with E-state index in [1.54, 1.807) is 13.8 Å². The third kappa shape index (κ3) is 3.19. The molecule has 0 saturated carbocycles. The standard InChI is InChI=1S/C15H16FN3O3/c1-7(15(21)22)6-17-14(20)11-4-10(16)5-12-13(11)19-9(3)8(2)18-12/h4-5,7H,6H2,1-3H3,(H,17,20)(H,21,22). The second kappa shape index (κ2) is 6.05. The summed E-state index contributed by atoms with van der Waals surface area (Å²) in [4.78, 5) is 31.5. The third-order valence-corrected chi connectivity index (χ3v) is 3.38. The van der Waals surface area contributed by atoms with Crippen LogP contribution in [0.2, 0.25) is 0 Å². The summed E-state index contributed by atoms with van der Waals surface area (Å²) in [6.45, 7) is 4.92. The Bertz CT molecular complexity index is 761. The van der Waals surface area contributed by atoms with E-state index in [1.165, 1.54) is 13.0 Å². The number of aryl methyl sites for hydroxylation is 2. The van der Waals surface area contributed by atoms with Crippen LogP contribution in [0.25, 0.3) is 11.0 Å². The van der Waals surface area contributed by atoms with E-state index in [4.69, 9.17) is 5.11 Å². The molecule has 1 unspecified atom stereocenters. The lowest BCUT2D eigenvalue weighted by molar-refractivity contribution is -0.140. The van der Waals surface area contributed by atoms with Crippen molar-refractivity contribution in [3.8, 4) is 0 Å². The number of hydrogen-bond donors (Lipinski definition) is 2. The Hall–Kier alpha value is -2.57. The van der Waals surface area contributed by atoms with Gasteiger partial charge in [0, 0.05) is 12.6 Å². The highest BCUT2D eigenvalue weighted by Gasteiger charge is 2.17. The summed E-state index contributed by atoms with van der Waals surface area (Å²) < 4.78 is 13.7. The second-order valence-corrected chi connectivity index (χ2v) is 5.16. The maximum atomic E-state index is 13.7. The van der Waals surface area contributed by atoms with Gasteiger partial charge in [-0.15, -0.1) is 0 Å². The first-order valence-corrected chi connectivity index (χ1v) is 6.75. The number of amides is 1. The zero-order chi connectivity index (χ0) is 16.4. The molecule has 22 heavy (non-hydrogen) atoms. The summed E-state index contributed by atoms with van der Waals surface area (Å²) in [5.41, 5.74) is 1.93. The molecular weight excluding hydrogens is 289 g/mol. The van der Waals surface area contributed by atoms with Crippen LogP contribution in [0.1, 0.15) is 28.7 Å². The van der Waals surface area contributed by atoms with Crippen LogP contribution in [-0.2, 0) is 4.79 Å². The highest BCUT2D eigenvalue weighted by molar-refractivity contribution is 6.04. The summed E-state index contributed by atoms with van der Waals surface area (Å²) >= 11 is 0. The molecule has 0 aliphatic rings. The van der Waals surface area contributed by atoms with Crippen LogP contribution in [0.5, 0.6) is 0 Å². The number of fused-ring (bicyclic) bond motifs is 1. The molecule has 6 nitrogen and oxygen atoms in total. The van der Waals surface area contributed by atoms with Crippen LogP contribution in [0.3, 0.4) is 0 Å². The van der Waals surface area contributed by atoms with Gasteiger partial charge in [-0.1, -0.05) is 6.92 Å². The monoisotopic (exact) mass is 305 g/mol.